The number of hydrogen-bond acceptors (Lipinski definition) is 2. The lowest BCUT2D eigenvalue weighted by Gasteiger charge is -2.20. The van der Waals surface area contributed by atoms with Crippen molar-refractivity contribution in [3.8, 4) is 0 Å². The molecule has 0 aliphatic rings. The van der Waals surface area contributed by atoms with E-state index in [9.17, 15) is 9.90 Å². The van der Waals surface area contributed by atoms with Crippen LogP contribution in [0.15, 0.2) is 30.3 Å². The second-order valence-electron chi connectivity index (χ2n) is 4.72. The predicted octanol–water partition coefficient (Wildman–Crippen LogP) is 3.39. The minimum absolute atomic E-state index is 0.0997. The van der Waals surface area contributed by atoms with Crippen molar-refractivity contribution in [2.24, 2.45) is 0 Å². The highest BCUT2D eigenvalue weighted by molar-refractivity contribution is 8.00. The Kier molecular flexibility index (Phi) is 4.42. The first-order valence-corrected chi connectivity index (χ1v) is 6.30. The van der Waals surface area contributed by atoms with Gasteiger partial charge in [0.2, 0.25) is 0 Å². The third-order valence-corrected chi connectivity index (χ3v) is 3.55. The van der Waals surface area contributed by atoms with Crippen LogP contribution in [0.4, 0.5) is 0 Å². The topological polar surface area (TPSA) is 37.3 Å². The summed E-state index contributed by atoms with van der Waals surface area (Å²) in [4.78, 5) is 11.2. The lowest BCUT2D eigenvalue weighted by molar-refractivity contribution is -0.138. The van der Waals surface area contributed by atoms with Crippen molar-refractivity contribution in [1.29, 1.82) is 0 Å². The number of hydrogen-bond donors (Lipinski definition) is 1. The van der Waals surface area contributed by atoms with E-state index >= 15 is 0 Å². The van der Waals surface area contributed by atoms with Gasteiger partial charge in [-0.2, -0.15) is 11.8 Å². The molecule has 0 fully saturated rings. The first kappa shape index (κ1) is 13.1. The Labute approximate surface area is 101 Å². The molecule has 1 atom stereocenters. The summed E-state index contributed by atoms with van der Waals surface area (Å²) in [6.45, 7) is 6.30. The largest absolute Gasteiger partial charge is 0.481 e. The van der Waals surface area contributed by atoms with Gasteiger partial charge in [-0.3, -0.25) is 4.79 Å². The van der Waals surface area contributed by atoms with E-state index in [2.05, 4.69) is 20.8 Å². The van der Waals surface area contributed by atoms with E-state index < -0.39 is 11.9 Å². The zero-order valence-electron chi connectivity index (χ0n) is 9.93. The maximum Gasteiger partial charge on any atom is 0.311 e. The van der Waals surface area contributed by atoms with Crippen molar-refractivity contribution < 1.29 is 9.90 Å². The monoisotopic (exact) mass is 238 g/mol. The van der Waals surface area contributed by atoms with Crippen molar-refractivity contribution in [3.05, 3.63) is 35.9 Å². The van der Waals surface area contributed by atoms with Crippen molar-refractivity contribution in [2.45, 2.75) is 31.4 Å². The number of benzene rings is 1. The highest BCUT2D eigenvalue weighted by atomic mass is 32.2. The van der Waals surface area contributed by atoms with Crippen LogP contribution in [-0.4, -0.2) is 21.6 Å². The molecule has 0 aliphatic heterocycles. The molecule has 0 aromatic heterocycles. The SMILES string of the molecule is CC(C)(C)SCC(C(=O)O)c1ccccc1. The Hall–Kier alpha value is -0.960. The summed E-state index contributed by atoms with van der Waals surface area (Å²) >= 11 is 1.68. The van der Waals surface area contributed by atoms with Crippen molar-refractivity contribution in [1.82, 2.24) is 0 Å². The fraction of sp³-hybridized carbons (Fsp3) is 0.462. The first-order chi connectivity index (χ1) is 7.40. The van der Waals surface area contributed by atoms with Crippen LogP contribution in [0, 0.1) is 0 Å². The highest BCUT2D eigenvalue weighted by Gasteiger charge is 2.22. The van der Waals surface area contributed by atoms with Gasteiger partial charge in [0.25, 0.3) is 0 Å². The molecule has 1 unspecified atom stereocenters. The molecule has 1 N–H and O–H groups in total. The molecular weight excluding hydrogens is 220 g/mol. The van der Waals surface area contributed by atoms with Crippen LogP contribution in [0.3, 0.4) is 0 Å². The Morgan fingerprint density at radius 1 is 1.31 bits per heavy atom. The van der Waals surface area contributed by atoms with Gasteiger partial charge in [-0.15, -0.1) is 0 Å². The Balaban J connectivity index is 2.74. The Morgan fingerprint density at radius 2 is 1.88 bits per heavy atom. The molecule has 88 valence electrons. The van der Waals surface area contributed by atoms with Gasteiger partial charge >= 0.3 is 5.97 Å². The number of aliphatic carboxylic acids is 1. The van der Waals surface area contributed by atoms with Gasteiger partial charge in [-0.05, 0) is 5.56 Å². The number of rotatable bonds is 4. The van der Waals surface area contributed by atoms with E-state index in [0.29, 0.717) is 5.75 Å². The molecular formula is C13H18O2S. The summed E-state index contributed by atoms with van der Waals surface area (Å²) in [7, 11) is 0. The standard InChI is InChI=1S/C13H18O2S/c1-13(2,3)16-9-11(12(14)15)10-7-5-4-6-8-10/h4-8,11H,9H2,1-3H3,(H,14,15). The molecule has 0 radical (unpaired) electrons. The van der Waals surface area contributed by atoms with E-state index in [1.807, 2.05) is 30.3 Å². The van der Waals surface area contributed by atoms with Crippen LogP contribution in [0.25, 0.3) is 0 Å². The Bertz CT molecular complexity index is 341. The molecule has 3 heteroatoms. The van der Waals surface area contributed by atoms with Crippen LogP contribution in [0.5, 0.6) is 0 Å². The summed E-state index contributed by atoms with van der Waals surface area (Å²) in [5.74, 6) is -0.545. The highest BCUT2D eigenvalue weighted by Crippen LogP contribution is 2.29. The fourth-order valence-electron chi connectivity index (χ4n) is 1.33. The van der Waals surface area contributed by atoms with E-state index in [1.54, 1.807) is 11.8 Å². The minimum Gasteiger partial charge on any atom is -0.481 e. The zero-order chi connectivity index (χ0) is 12.2. The normalized spacial score (nSPS) is 13.4. The fourth-order valence-corrected chi connectivity index (χ4v) is 2.33. The van der Waals surface area contributed by atoms with E-state index in [-0.39, 0.29) is 4.75 Å². The van der Waals surface area contributed by atoms with Crippen molar-refractivity contribution in [2.75, 3.05) is 5.75 Å². The van der Waals surface area contributed by atoms with E-state index in [0.717, 1.165) is 5.56 Å². The molecule has 0 bridgehead atoms. The molecule has 0 saturated carbocycles. The smallest absolute Gasteiger partial charge is 0.311 e. The van der Waals surface area contributed by atoms with Gasteiger partial charge < -0.3 is 5.11 Å². The Morgan fingerprint density at radius 3 is 2.31 bits per heavy atom. The summed E-state index contributed by atoms with van der Waals surface area (Å²) < 4.78 is 0.0997. The second kappa shape index (κ2) is 5.39. The number of thioether (sulfide) groups is 1. The van der Waals surface area contributed by atoms with Crippen LogP contribution in [-0.2, 0) is 4.79 Å². The van der Waals surface area contributed by atoms with Gasteiger partial charge in [0.15, 0.2) is 0 Å². The van der Waals surface area contributed by atoms with Crippen molar-refractivity contribution in [3.63, 3.8) is 0 Å². The van der Waals surface area contributed by atoms with Crippen LogP contribution >= 0.6 is 11.8 Å². The van der Waals surface area contributed by atoms with Crippen LogP contribution in [0.2, 0.25) is 0 Å². The van der Waals surface area contributed by atoms with Gasteiger partial charge in [0.1, 0.15) is 0 Å². The molecule has 1 rings (SSSR count). The molecule has 0 spiro atoms. The molecule has 0 heterocycles. The minimum atomic E-state index is -0.747. The van der Waals surface area contributed by atoms with Gasteiger partial charge in [-0.25, -0.2) is 0 Å². The molecule has 0 aliphatic carbocycles. The number of carboxylic acid groups (broad SMARTS) is 1. The summed E-state index contributed by atoms with van der Waals surface area (Å²) in [5, 5.41) is 9.21. The molecule has 1 aromatic rings. The van der Waals surface area contributed by atoms with E-state index in [1.165, 1.54) is 0 Å². The van der Waals surface area contributed by atoms with Gasteiger partial charge in [0.05, 0.1) is 5.92 Å². The molecule has 0 amide bonds. The average molecular weight is 238 g/mol. The van der Waals surface area contributed by atoms with Crippen molar-refractivity contribution >= 4 is 17.7 Å². The lowest BCUT2D eigenvalue weighted by Crippen LogP contribution is -2.18. The third-order valence-electron chi connectivity index (χ3n) is 2.18. The van der Waals surface area contributed by atoms with Gasteiger partial charge in [0, 0.05) is 10.5 Å². The maximum absolute atomic E-state index is 11.2. The summed E-state index contributed by atoms with van der Waals surface area (Å²) in [6, 6.07) is 9.42. The first-order valence-electron chi connectivity index (χ1n) is 5.32. The average Bonchev–Trinajstić information content (AvgIpc) is 2.17. The summed E-state index contributed by atoms with van der Waals surface area (Å²) in [6.07, 6.45) is 0. The quantitative estimate of drug-likeness (QED) is 0.873. The van der Waals surface area contributed by atoms with Crippen LogP contribution < -0.4 is 0 Å². The molecule has 0 saturated heterocycles. The maximum atomic E-state index is 11.2. The predicted molar refractivity (Wildman–Crippen MR) is 69.0 cm³/mol. The molecule has 2 nitrogen and oxygen atoms in total. The van der Waals surface area contributed by atoms with Crippen LogP contribution in [0.1, 0.15) is 32.3 Å². The lowest BCUT2D eigenvalue weighted by atomic mass is 10.0. The van der Waals surface area contributed by atoms with E-state index in [4.69, 9.17) is 0 Å². The second-order valence-corrected chi connectivity index (χ2v) is 6.57. The van der Waals surface area contributed by atoms with Gasteiger partial charge in [-0.1, -0.05) is 51.1 Å². The third kappa shape index (κ3) is 4.27. The number of carboxylic acids is 1. The number of carbonyl (C=O) groups is 1. The summed E-state index contributed by atoms with van der Waals surface area (Å²) in [5.41, 5.74) is 0.881. The zero-order valence-corrected chi connectivity index (χ0v) is 10.8. The molecule has 16 heavy (non-hydrogen) atoms. The molecule has 1 aromatic carbocycles.